The number of hydrogen-bond donors (Lipinski definition) is 0. The zero-order valence-electron chi connectivity index (χ0n) is 25.8. The summed E-state index contributed by atoms with van der Waals surface area (Å²) in [5, 5.41) is 0. The second kappa shape index (κ2) is 63.0. The molecule has 2 amide bonds. The average molecular weight is 453 g/mol. The second-order valence-electron chi connectivity index (χ2n) is 4.39. The lowest BCUT2D eigenvalue weighted by Gasteiger charge is -2.36. The van der Waals surface area contributed by atoms with E-state index in [-0.39, 0.29) is 11.8 Å². The molecule has 0 N–H and O–H groups in total. The average Bonchev–Trinajstić information content (AvgIpc) is 2.81. The molecular weight excluding hydrogens is 384 g/mol. The van der Waals surface area contributed by atoms with Crippen LogP contribution >= 0.6 is 0 Å². The minimum absolute atomic E-state index is 0.211. The monoisotopic (exact) mass is 453 g/mol. The molecule has 0 saturated carbocycles. The van der Waals surface area contributed by atoms with Crippen molar-refractivity contribution < 1.29 is 9.59 Å². The Bertz CT molecular complexity index is 248. The number of carbonyl (C=O) groups is 2. The van der Waals surface area contributed by atoms with Gasteiger partial charge in [-0.15, -0.1) is 0 Å². The van der Waals surface area contributed by atoms with E-state index in [1.807, 2.05) is 121 Å². The molecule has 2 saturated heterocycles. The van der Waals surface area contributed by atoms with Crippen molar-refractivity contribution in [3.63, 3.8) is 0 Å². The lowest BCUT2D eigenvalue weighted by atomic mass is 10.0. The van der Waals surface area contributed by atoms with Crippen molar-refractivity contribution in [3.8, 4) is 0 Å². The minimum Gasteiger partial charge on any atom is -0.343 e. The largest absolute Gasteiger partial charge is 0.343 e. The fourth-order valence-corrected chi connectivity index (χ4v) is 1.59. The molecule has 198 valence electrons. The van der Waals surface area contributed by atoms with Gasteiger partial charge < -0.3 is 9.80 Å². The van der Waals surface area contributed by atoms with Crippen LogP contribution in [0.3, 0.4) is 0 Å². The molecule has 4 heteroatoms. The maximum Gasteiger partial charge on any atom is 0.219 e. The highest BCUT2D eigenvalue weighted by Crippen LogP contribution is 2.12. The summed E-state index contributed by atoms with van der Waals surface area (Å²) >= 11 is 0. The lowest BCUT2D eigenvalue weighted by molar-refractivity contribution is -0.134. The third-order valence-corrected chi connectivity index (χ3v) is 2.81. The molecule has 0 bridgehead atoms. The van der Waals surface area contributed by atoms with Crippen LogP contribution < -0.4 is 0 Å². The molecule has 31 heavy (non-hydrogen) atoms. The van der Waals surface area contributed by atoms with Crippen molar-refractivity contribution in [1.29, 1.82) is 0 Å². The highest BCUT2D eigenvalue weighted by molar-refractivity contribution is 5.74. The molecule has 0 unspecified atom stereocenters. The SMILES string of the molecule is CC.CC.CC.CC.CC.CC.CC.CC.CC(=O)N1CC(C)C1.CC(=O)N1CCC1. The summed E-state index contributed by atoms with van der Waals surface area (Å²) in [6.45, 7) is 41.3. The van der Waals surface area contributed by atoms with Crippen molar-refractivity contribution in [2.75, 3.05) is 26.2 Å². The Kier molecular flexibility index (Phi) is 106. The third kappa shape index (κ3) is 47.9. The Labute approximate surface area is 201 Å². The van der Waals surface area contributed by atoms with Gasteiger partial charge in [0.25, 0.3) is 0 Å². The van der Waals surface area contributed by atoms with Crippen LogP contribution in [0.4, 0.5) is 0 Å². The number of carbonyl (C=O) groups excluding carboxylic acids is 2. The molecule has 2 rings (SSSR count). The summed E-state index contributed by atoms with van der Waals surface area (Å²) < 4.78 is 0. The zero-order valence-corrected chi connectivity index (χ0v) is 25.8. The van der Waals surface area contributed by atoms with Gasteiger partial charge in [0.1, 0.15) is 0 Å². The Morgan fingerprint density at radius 2 is 0.742 bits per heavy atom. The van der Waals surface area contributed by atoms with E-state index < -0.39 is 0 Å². The molecule has 2 fully saturated rings. The molecule has 0 aliphatic carbocycles. The topological polar surface area (TPSA) is 40.6 Å². The fourth-order valence-electron chi connectivity index (χ4n) is 1.59. The molecule has 2 aliphatic rings. The molecule has 0 aromatic rings. The summed E-state index contributed by atoms with van der Waals surface area (Å²) in [6, 6.07) is 0. The number of amides is 2. The quantitative estimate of drug-likeness (QED) is 0.368. The molecule has 0 spiro atoms. The maximum atomic E-state index is 10.5. The van der Waals surface area contributed by atoms with Crippen LogP contribution in [0.15, 0.2) is 0 Å². The van der Waals surface area contributed by atoms with Crippen LogP contribution in [0.1, 0.15) is 138 Å². The number of hydrogen-bond acceptors (Lipinski definition) is 2. The van der Waals surface area contributed by atoms with Gasteiger partial charge in [0.05, 0.1) is 0 Å². The fraction of sp³-hybridized carbons (Fsp3) is 0.926. The summed E-state index contributed by atoms with van der Waals surface area (Å²) in [4.78, 5) is 24.5. The van der Waals surface area contributed by atoms with Gasteiger partial charge in [-0.2, -0.15) is 0 Å². The van der Waals surface area contributed by atoms with Gasteiger partial charge in [-0.1, -0.05) is 118 Å². The summed E-state index contributed by atoms with van der Waals surface area (Å²) in [5.41, 5.74) is 0. The predicted molar refractivity (Wildman–Crippen MR) is 149 cm³/mol. The van der Waals surface area contributed by atoms with E-state index in [0.29, 0.717) is 0 Å². The molecule has 2 aliphatic heterocycles. The Morgan fingerprint density at radius 3 is 0.774 bits per heavy atom. The first-order valence-electron chi connectivity index (χ1n) is 13.5. The Morgan fingerprint density at radius 1 is 0.516 bits per heavy atom. The molecule has 0 radical (unpaired) electrons. The standard InChI is InChI=1S/C6H11NO.C5H9NO.8C2H6/c1-5-3-7(4-5)6(2)8;1-5(7)6-3-2-4-6;8*1-2/h5H,3-4H2,1-2H3;2-4H2,1H3;8*1-2H3. The summed E-state index contributed by atoms with van der Waals surface area (Å²) in [7, 11) is 0. The smallest absolute Gasteiger partial charge is 0.219 e. The molecule has 0 aromatic heterocycles. The highest BCUT2D eigenvalue weighted by Gasteiger charge is 2.23. The van der Waals surface area contributed by atoms with Crippen molar-refractivity contribution in [1.82, 2.24) is 9.80 Å². The first kappa shape index (κ1) is 52.1. The Hall–Kier alpha value is -1.06. The van der Waals surface area contributed by atoms with Crippen LogP contribution in [0.5, 0.6) is 0 Å². The van der Waals surface area contributed by atoms with E-state index in [4.69, 9.17) is 0 Å². The van der Waals surface area contributed by atoms with Crippen LogP contribution in [0, 0.1) is 5.92 Å². The van der Waals surface area contributed by atoms with Crippen LogP contribution in [-0.4, -0.2) is 47.8 Å². The van der Waals surface area contributed by atoms with Gasteiger partial charge in [0.15, 0.2) is 0 Å². The first-order chi connectivity index (χ1) is 15.0. The van der Waals surface area contributed by atoms with Crippen LogP contribution in [0.2, 0.25) is 0 Å². The Balaban J connectivity index is -0.0000000351. The molecule has 0 aromatic carbocycles. The highest BCUT2D eigenvalue weighted by atomic mass is 16.2. The van der Waals surface area contributed by atoms with Gasteiger partial charge in [0, 0.05) is 40.0 Å². The van der Waals surface area contributed by atoms with Gasteiger partial charge in [-0.05, 0) is 12.3 Å². The van der Waals surface area contributed by atoms with E-state index in [0.717, 1.165) is 32.1 Å². The number of rotatable bonds is 0. The van der Waals surface area contributed by atoms with Gasteiger partial charge >= 0.3 is 0 Å². The van der Waals surface area contributed by atoms with Gasteiger partial charge in [-0.3, -0.25) is 9.59 Å². The molecular formula is C27H68N2O2. The first-order valence-corrected chi connectivity index (χ1v) is 13.5. The molecule has 4 nitrogen and oxygen atoms in total. The second-order valence-corrected chi connectivity index (χ2v) is 4.39. The van der Waals surface area contributed by atoms with E-state index >= 15 is 0 Å². The summed E-state index contributed by atoms with van der Waals surface area (Å²) in [5.74, 6) is 1.16. The minimum atomic E-state index is 0.211. The molecule has 2 heterocycles. The van der Waals surface area contributed by atoms with Crippen molar-refractivity contribution >= 4 is 11.8 Å². The lowest BCUT2D eigenvalue weighted by Crippen LogP contribution is -2.47. The number of nitrogens with zero attached hydrogens (tertiary/aromatic N) is 2. The van der Waals surface area contributed by atoms with E-state index in [9.17, 15) is 9.59 Å². The van der Waals surface area contributed by atoms with Gasteiger partial charge in [-0.25, -0.2) is 0 Å². The summed E-state index contributed by atoms with van der Waals surface area (Å²) in [6.07, 6.45) is 1.19. The van der Waals surface area contributed by atoms with Crippen molar-refractivity contribution in [2.24, 2.45) is 5.92 Å². The predicted octanol–water partition coefficient (Wildman–Crippen LogP) is 8.93. The normalized spacial score (nSPS) is 11.1. The zero-order chi connectivity index (χ0) is 27.4. The number of likely N-dealkylation sites (tertiary alicyclic amines) is 2. The van der Waals surface area contributed by atoms with E-state index in [1.165, 1.54) is 6.42 Å². The van der Waals surface area contributed by atoms with E-state index in [1.54, 1.807) is 13.8 Å². The van der Waals surface area contributed by atoms with Crippen LogP contribution in [-0.2, 0) is 9.59 Å². The molecule has 0 atom stereocenters. The third-order valence-electron chi connectivity index (χ3n) is 2.81. The maximum absolute atomic E-state index is 10.5. The van der Waals surface area contributed by atoms with Crippen molar-refractivity contribution in [2.45, 2.75) is 138 Å². The van der Waals surface area contributed by atoms with E-state index in [2.05, 4.69) is 6.92 Å². The van der Waals surface area contributed by atoms with Gasteiger partial charge in [0.2, 0.25) is 11.8 Å². The van der Waals surface area contributed by atoms with Crippen molar-refractivity contribution in [3.05, 3.63) is 0 Å². The van der Waals surface area contributed by atoms with Crippen LogP contribution in [0.25, 0.3) is 0 Å².